The fraction of sp³-hybridized carbons (Fsp3) is 0.300. The van der Waals surface area contributed by atoms with Crippen LogP contribution in [0.5, 0.6) is 0 Å². The predicted molar refractivity (Wildman–Crippen MR) is 164 cm³/mol. The molecule has 2 heterocycles. The molecule has 1 aliphatic rings. The molecule has 4 aromatic rings. The Hall–Kier alpha value is -2.49. The third-order valence-corrected chi connectivity index (χ3v) is 12.7. The summed E-state index contributed by atoms with van der Waals surface area (Å²) in [5, 5.41) is 2.08. The zero-order valence-corrected chi connectivity index (χ0v) is 25.7. The Labute approximate surface area is 246 Å². The van der Waals surface area contributed by atoms with E-state index in [0.717, 1.165) is 40.4 Å². The van der Waals surface area contributed by atoms with E-state index < -0.39 is 25.0 Å². The molecule has 1 fully saturated rings. The van der Waals surface area contributed by atoms with E-state index in [-0.39, 0.29) is 19.8 Å². The molecule has 3 aromatic carbocycles. The summed E-state index contributed by atoms with van der Waals surface area (Å²) in [6.07, 6.45) is 5.11. The molecule has 210 valence electrons. The number of pyridine rings is 1. The van der Waals surface area contributed by atoms with Crippen molar-refractivity contribution in [3.63, 3.8) is 0 Å². The fourth-order valence-corrected chi connectivity index (χ4v) is 9.25. The van der Waals surface area contributed by atoms with Gasteiger partial charge in [-0.25, -0.2) is 17.1 Å². The average Bonchev–Trinajstić information content (AvgIpc) is 3.61. The first-order valence-electron chi connectivity index (χ1n) is 13.1. The first kappa shape index (κ1) is 29.0. The summed E-state index contributed by atoms with van der Waals surface area (Å²) < 4.78 is 48.1. The summed E-state index contributed by atoms with van der Waals surface area (Å²) in [4.78, 5) is 4.84. The molecule has 40 heavy (non-hydrogen) atoms. The molecular weight excluding hydrogens is 585 g/mol. The summed E-state index contributed by atoms with van der Waals surface area (Å²) in [5.41, 5.74) is 3.04. The van der Waals surface area contributed by atoms with Gasteiger partial charge >= 0.3 is 0 Å². The van der Waals surface area contributed by atoms with Crippen LogP contribution in [-0.2, 0) is 19.8 Å². The predicted octanol–water partition coefficient (Wildman–Crippen LogP) is 8.01. The summed E-state index contributed by atoms with van der Waals surface area (Å²) in [7, 11) is -4.96. The number of nitrogens with one attached hydrogen (secondary N) is 1. The Morgan fingerprint density at radius 3 is 2.48 bits per heavy atom. The van der Waals surface area contributed by atoms with Crippen molar-refractivity contribution in [3.05, 3.63) is 94.1 Å². The van der Waals surface area contributed by atoms with E-state index in [1.165, 1.54) is 6.26 Å². The molecular formula is C30H32Cl2N3O3S2+. The number of quaternary nitrogens is 1. The smallest absolute Gasteiger partial charge is 0.224 e. The van der Waals surface area contributed by atoms with Gasteiger partial charge in [-0.2, -0.15) is 4.21 Å². The zero-order chi connectivity index (χ0) is 28.9. The van der Waals surface area contributed by atoms with Gasteiger partial charge in [0, 0.05) is 29.0 Å². The number of halogens is 2. The van der Waals surface area contributed by atoms with E-state index in [4.69, 9.17) is 28.0 Å². The first-order chi connectivity index (χ1) is 18.9. The number of unbranched alkanes of at least 4 members (excludes halogenated alkanes) is 1. The van der Waals surface area contributed by atoms with Crippen LogP contribution >= 0.6 is 23.2 Å². The molecule has 1 saturated heterocycles. The summed E-state index contributed by atoms with van der Waals surface area (Å²) in [6.45, 7) is 2.50. The second kappa shape index (κ2) is 10.7. The van der Waals surface area contributed by atoms with Crippen LogP contribution in [0.15, 0.2) is 77.8 Å². The second-order valence-electron chi connectivity index (χ2n) is 10.7. The van der Waals surface area contributed by atoms with Crippen LogP contribution in [0.4, 0.5) is 0 Å². The molecule has 1 aromatic heterocycles. The van der Waals surface area contributed by atoms with Gasteiger partial charge in [-0.05, 0) is 47.7 Å². The third kappa shape index (κ3) is 5.16. The van der Waals surface area contributed by atoms with Crippen molar-refractivity contribution in [2.75, 3.05) is 19.8 Å². The van der Waals surface area contributed by atoms with E-state index in [0.29, 0.717) is 23.6 Å². The Bertz CT molecular complexity index is 1820. The third-order valence-electron chi connectivity index (χ3n) is 7.91. The lowest BCUT2D eigenvalue weighted by Gasteiger charge is -2.21. The van der Waals surface area contributed by atoms with E-state index in [2.05, 4.69) is 4.98 Å². The first-order valence-corrected chi connectivity index (χ1v) is 17.4. The lowest BCUT2D eigenvalue weighted by molar-refractivity contribution is -0.653. The lowest BCUT2D eigenvalue weighted by atomic mass is 10.0. The highest BCUT2D eigenvalue weighted by Crippen LogP contribution is 2.51. The Balaban J connectivity index is 1.48. The molecule has 1 aliphatic heterocycles. The Kier molecular flexibility index (Phi) is 7.78. The highest BCUT2D eigenvalue weighted by Gasteiger charge is 2.60. The van der Waals surface area contributed by atoms with Crippen molar-refractivity contribution in [2.24, 2.45) is 0 Å². The van der Waals surface area contributed by atoms with E-state index >= 15 is 0 Å². The van der Waals surface area contributed by atoms with Crippen LogP contribution in [0.2, 0.25) is 10.0 Å². The maximum atomic E-state index is 14.1. The van der Waals surface area contributed by atoms with Gasteiger partial charge < -0.3 is 0 Å². The number of hydrogen-bond donors (Lipinski definition) is 1. The van der Waals surface area contributed by atoms with Gasteiger partial charge in [0.2, 0.25) is 9.92 Å². The molecule has 10 heteroatoms. The second-order valence-corrected chi connectivity index (χ2v) is 16.0. The van der Waals surface area contributed by atoms with Crippen molar-refractivity contribution in [1.29, 1.82) is 4.78 Å². The quantitative estimate of drug-likeness (QED) is 0.152. The number of sulfone groups is 1. The molecule has 0 radical (unpaired) electrons. The molecule has 5 rings (SSSR count). The van der Waals surface area contributed by atoms with E-state index in [9.17, 15) is 12.6 Å². The number of benzene rings is 3. The lowest BCUT2D eigenvalue weighted by Crippen LogP contribution is -2.29. The van der Waals surface area contributed by atoms with E-state index in [1.54, 1.807) is 31.4 Å². The van der Waals surface area contributed by atoms with Crippen molar-refractivity contribution in [2.45, 2.75) is 42.4 Å². The topological polar surface area (TPSA) is 87.9 Å². The maximum absolute atomic E-state index is 14.1. The minimum Gasteiger partial charge on any atom is -0.256 e. The van der Waals surface area contributed by atoms with Gasteiger partial charge in [0.25, 0.3) is 0 Å². The molecule has 0 saturated carbocycles. The van der Waals surface area contributed by atoms with Crippen molar-refractivity contribution in [1.82, 2.24) is 4.98 Å². The molecule has 6 nitrogen and oxygen atoms in total. The SMILES string of the molecule is CCCCC(c1ccc(S(=N)(=O)[N+]2(C)CC2c2ccc(Cl)c(-c3nccc4ccccc34)c2)c(Cl)c1)S(C)(=O)=O. The standard InChI is InChI=1S/C30H32Cl2N3O3S2/c1-4-5-10-28(39(3,36)37)22-12-14-29(26(32)18-22)40(33,38)35(2)19-27(35)21-11-13-25(31)24(17-21)30-23-9-7-6-8-20(23)15-16-34-30/h6-9,11-18,27-28,33H,4-5,10,19H2,1-3H3/q+1. The van der Waals surface area contributed by atoms with Crippen molar-refractivity contribution in [3.8, 4) is 11.3 Å². The highest BCUT2D eigenvalue weighted by atomic mass is 35.5. The van der Waals surface area contributed by atoms with Gasteiger partial charge in [0.15, 0.2) is 22.4 Å². The van der Waals surface area contributed by atoms with Gasteiger partial charge in [0.05, 0.1) is 28.0 Å². The highest BCUT2D eigenvalue weighted by molar-refractivity contribution is 7.91. The fourth-order valence-electron chi connectivity index (χ4n) is 5.45. The average molecular weight is 618 g/mol. The molecule has 0 amide bonds. The number of likely N-dealkylation sites (N-methyl/N-ethyl adjacent to an activating group) is 1. The van der Waals surface area contributed by atoms with Gasteiger partial charge in [-0.15, -0.1) is 0 Å². The number of aromatic nitrogens is 1. The van der Waals surface area contributed by atoms with Crippen molar-refractivity contribution < 1.29 is 16.5 Å². The monoisotopic (exact) mass is 616 g/mol. The largest absolute Gasteiger partial charge is 0.256 e. The van der Waals surface area contributed by atoms with E-state index in [1.807, 2.05) is 55.5 Å². The molecule has 0 spiro atoms. The van der Waals surface area contributed by atoms with Crippen LogP contribution in [0.3, 0.4) is 0 Å². The summed E-state index contributed by atoms with van der Waals surface area (Å²) >= 11 is 13.3. The number of nitrogens with zero attached hydrogens (tertiary/aromatic N) is 2. The van der Waals surface area contributed by atoms with Crippen LogP contribution in [0.1, 0.15) is 48.6 Å². The molecule has 4 unspecified atom stereocenters. The van der Waals surface area contributed by atoms with Crippen LogP contribution < -0.4 is 0 Å². The number of fused-ring (bicyclic) bond motifs is 1. The molecule has 0 aliphatic carbocycles. The zero-order valence-electron chi connectivity index (χ0n) is 22.6. The molecule has 1 N–H and O–H groups in total. The van der Waals surface area contributed by atoms with Crippen LogP contribution in [-0.4, -0.2) is 41.3 Å². The van der Waals surface area contributed by atoms with Crippen LogP contribution in [0.25, 0.3) is 22.0 Å². The summed E-state index contributed by atoms with van der Waals surface area (Å²) in [5.74, 6) is 0. The number of rotatable bonds is 9. The number of hydrogen-bond acceptors (Lipinski definition) is 5. The Morgan fingerprint density at radius 2 is 1.77 bits per heavy atom. The minimum absolute atomic E-state index is 0.0263. The van der Waals surface area contributed by atoms with Gasteiger partial charge in [0.1, 0.15) is 4.90 Å². The molecule has 4 atom stereocenters. The van der Waals surface area contributed by atoms with Gasteiger partial charge in [-0.1, -0.05) is 79.4 Å². The van der Waals surface area contributed by atoms with Crippen molar-refractivity contribution >= 4 is 53.7 Å². The maximum Gasteiger partial charge on any atom is 0.224 e. The van der Waals surface area contributed by atoms with Crippen LogP contribution in [0, 0.1) is 4.78 Å². The normalized spacial score (nSPS) is 21.2. The summed E-state index contributed by atoms with van der Waals surface area (Å²) in [6, 6.07) is 20.3. The molecule has 0 bridgehead atoms. The Morgan fingerprint density at radius 1 is 1.02 bits per heavy atom. The van der Waals surface area contributed by atoms with Gasteiger partial charge in [-0.3, -0.25) is 4.98 Å². The minimum atomic E-state index is -3.40.